The molecule has 110 valence electrons. The lowest BCUT2D eigenvalue weighted by Gasteiger charge is -2.28. The minimum Gasteiger partial charge on any atom is -0.408 e. The average Bonchev–Trinajstić information content (AvgIpc) is 2.46. The van der Waals surface area contributed by atoms with Gasteiger partial charge in [-0.05, 0) is 44.8 Å². The van der Waals surface area contributed by atoms with E-state index in [4.69, 9.17) is 9.31 Å². The zero-order chi connectivity index (χ0) is 15.2. The highest BCUT2D eigenvalue weighted by molar-refractivity contribution is 6.61. The first-order chi connectivity index (χ1) is 9.43. The Labute approximate surface area is 122 Å². The minimum absolute atomic E-state index is 0.114. The lowest BCUT2D eigenvalue weighted by molar-refractivity contribution is 0.0706. The summed E-state index contributed by atoms with van der Waals surface area (Å²) < 4.78 is 11.7. The predicted octanol–water partition coefficient (Wildman–Crippen LogP) is 1.98. The molecule has 0 aliphatic carbocycles. The SMILES string of the molecule is CCOB(OC(C)(C)CC)c1cccc(C(=O)NC)c1. The normalized spacial score (nSPS) is 11.2. The van der Waals surface area contributed by atoms with Gasteiger partial charge in [0.05, 0.1) is 0 Å². The quantitative estimate of drug-likeness (QED) is 0.775. The summed E-state index contributed by atoms with van der Waals surface area (Å²) in [6, 6.07) is 7.34. The molecule has 1 aromatic rings. The molecule has 0 spiro atoms. The Bertz CT molecular complexity index is 448. The van der Waals surface area contributed by atoms with Crippen molar-refractivity contribution >= 4 is 18.5 Å². The Morgan fingerprint density at radius 1 is 1.35 bits per heavy atom. The summed E-state index contributed by atoms with van der Waals surface area (Å²) >= 11 is 0. The molecule has 0 atom stereocenters. The van der Waals surface area contributed by atoms with Crippen LogP contribution in [0, 0.1) is 0 Å². The van der Waals surface area contributed by atoms with Gasteiger partial charge in [0.15, 0.2) is 0 Å². The van der Waals surface area contributed by atoms with Gasteiger partial charge in [0.25, 0.3) is 5.91 Å². The van der Waals surface area contributed by atoms with Gasteiger partial charge in [-0.2, -0.15) is 0 Å². The molecule has 1 rings (SSSR count). The average molecular weight is 277 g/mol. The summed E-state index contributed by atoms with van der Waals surface area (Å²) in [5, 5.41) is 2.62. The summed E-state index contributed by atoms with van der Waals surface area (Å²) in [5.74, 6) is -0.114. The van der Waals surface area contributed by atoms with Gasteiger partial charge in [-0.1, -0.05) is 19.1 Å². The third kappa shape index (κ3) is 4.65. The minimum atomic E-state index is -0.459. The van der Waals surface area contributed by atoms with Gasteiger partial charge in [0.2, 0.25) is 0 Å². The molecule has 0 saturated heterocycles. The third-order valence-electron chi connectivity index (χ3n) is 3.24. The highest BCUT2D eigenvalue weighted by Crippen LogP contribution is 2.15. The van der Waals surface area contributed by atoms with Crippen LogP contribution in [-0.4, -0.2) is 32.3 Å². The van der Waals surface area contributed by atoms with Crippen LogP contribution in [0.15, 0.2) is 24.3 Å². The fourth-order valence-electron chi connectivity index (χ4n) is 1.69. The van der Waals surface area contributed by atoms with Crippen molar-refractivity contribution < 1.29 is 14.1 Å². The van der Waals surface area contributed by atoms with Crippen molar-refractivity contribution in [2.24, 2.45) is 0 Å². The van der Waals surface area contributed by atoms with Gasteiger partial charge in [-0.3, -0.25) is 4.79 Å². The Morgan fingerprint density at radius 2 is 2.05 bits per heavy atom. The third-order valence-corrected chi connectivity index (χ3v) is 3.24. The van der Waals surface area contributed by atoms with Crippen LogP contribution in [0.5, 0.6) is 0 Å². The lowest BCUT2D eigenvalue weighted by atomic mass is 9.76. The molecule has 0 aromatic heterocycles. The molecule has 0 aliphatic heterocycles. The predicted molar refractivity (Wildman–Crippen MR) is 82.3 cm³/mol. The van der Waals surface area contributed by atoms with Crippen molar-refractivity contribution in [1.82, 2.24) is 5.32 Å². The van der Waals surface area contributed by atoms with Gasteiger partial charge >= 0.3 is 7.12 Å². The maximum absolute atomic E-state index is 11.7. The summed E-state index contributed by atoms with van der Waals surface area (Å²) in [6.45, 7) is 8.61. The molecule has 1 aromatic carbocycles. The molecule has 0 heterocycles. The van der Waals surface area contributed by atoms with Crippen LogP contribution in [0.3, 0.4) is 0 Å². The van der Waals surface area contributed by atoms with Crippen LogP contribution in [0.2, 0.25) is 0 Å². The molecule has 0 radical (unpaired) electrons. The zero-order valence-electron chi connectivity index (χ0n) is 13.0. The molecule has 1 N–H and O–H groups in total. The number of benzene rings is 1. The first-order valence-electron chi connectivity index (χ1n) is 7.05. The van der Waals surface area contributed by atoms with Gasteiger partial charge < -0.3 is 14.6 Å². The summed E-state index contributed by atoms with van der Waals surface area (Å²) in [6.07, 6.45) is 0.881. The van der Waals surface area contributed by atoms with E-state index in [1.54, 1.807) is 13.1 Å². The van der Waals surface area contributed by atoms with Crippen molar-refractivity contribution in [3.63, 3.8) is 0 Å². The molecule has 20 heavy (non-hydrogen) atoms. The van der Waals surface area contributed by atoms with Gasteiger partial charge in [0, 0.05) is 24.8 Å². The number of nitrogens with one attached hydrogen (secondary N) is 1. The van der Waals surface area contributed by atoms with Crippen LogP contribution in [-0.2, 0) is 9.31 Å². The van der Waals surface area contributed by atoms with Gasteiger partial charge in [-0.25, -0.2) is 0 Å². The summed E-state index contributed by atoms with van der Waals surface area (Å²) in [5.41, 5.74) is 1.19. The van der Waals surface area contributed by atoms with E-state index in [1.165, 1.54) is 0 Å². The number of hydrogen-bond acceptors (Lipinski definition) is 3. The van der Waals surface area contributed by atoms with E-state index >= 15 is 0 Å². The van der Waals surface area contributed by atoms with E-state index in [0.717, 1.165) is 11.9 Å². The van der Waals surface area contributed by atoms with Crippen LogP contribution in [0.25, 0.3) is 0 Å². The van der Waals surface area contributed by atoms with Crippen LogP contribution in [0.4, 0.5) is 0 Å². The smallest absolute Gasteiger partial charge is 0.408 e. The van der Waals surface area contributed by atoms with Crippen molar-refractivity contribution in [2.75, 3.05) is 13.7 Å². The largest absolute Gasteiger partial charge is 0.494 e. The van der Waals surface area contributed by atoms with Crippen molar-refractivity contribution in [2.45, 2.75) is 39.7 Å². The first-order valence-corrected chi connectivity index (χ1v) is 7.05. The Kier molecular flexibility index (Phi) is 6.24. The van der Waals surface area contributed by atoms with E-state index in [0.29, 0.717) is 12.2 Å². The Balaban J connectivity index is 2.99. The van der Waals surface area contributed by atoms with Crippen LogP contribution < -0.4 is 10.8 Å². The maximum atomic E-state index is 11.7. The van der Waals surface area contributed by atoms with Crippen LogP contribution >= 0.6 is 0 Å². The van der Waals surface area contributed by atoms with E-state index < -0.39 is 7.12 Å². The second-order valence-corrected chi connectivity index (χ2v) is 5.22. The monoisotopic (exact) mass is 277 g/mol. The first kappa shape index (κ1) is 16.7. The van der Waals surface area contributed by atoms with Crippen molar-refractivity contribution in [1.29, 1.82) is 0 Å². The van der Waals surface area contributed by atoms with E-state index in [9.17, 15) is 4.79 Å². The highest BCUT2D eigenvalue weighted by atomic mass is 16.6. The molecular formula is C15H24BNO3. The summed E-state index contributed by atoms with van der Waals surface area (Å²) in [7, 11) is 1.16. The summed E-state index contributed by atoms with van der Waals surface area (Å²) in [4.78, 5) is 11.7. The van der Waals surface area contributed by atoms with Crippen molar-refractivity contribution in [3.8, 4) is 0 Å². The Morgan fingerprint density at radius 3 is 2.60 bits per heavy atom. The fraction of sp³-hybridized carbons (Fsp3) is 0.533. The molecule has 0 unspecified atom stereocenters. The Hall–Kier alpha value is -1.33. The second kappa shape index (κ2) is 7.46. The number of hydrogen-bond donors (Lipinski definition) is 1. The standard InChI is InChI=1S/C15H24BNO3/c1-6-15(3,4)20-16(19-7-2)13-10-8-9-12(11-13)14(18)17-5/h8-11H,6-7H2,1-5H3,(H,17,18). The number of carbonyl (C=O) groups is 1. The molecular weight excluding hydrogens is 253 g/mol. The molecule has 0 aliphatic rings. The highest BCUT2D eigenvalue weighted by Gasteiger charge is 2.29. The van der Waals surface area contributed by atoms with E-state index in [-0.39, 0.29) is 11.5 Å². The van der Waals surface area contributed by atoms with Gasteiger partial charge in [-0.15, -0.1) is 0 Å². The van der Waals surface area contributed by atoms with E-state index in [1.807, 2.05) is 39.0 Å². The lowest BCUT2D eigenvalue weighted by Crippen LogP contribution is -2.44. The fourth-order valence-corrected chi connectivity index (χ4v) is 1.69. The number of amides is 1. The number of rotatable bonds is 7. The molecule has 0 saturated carbocycles. The molecule has 5 heteroatoms. The zero-order valence-corrected chi connectivity index (χ0v) is 13.0. The topological polar surface area (TPSA) is 47.6 Å². The molecule has 0 fully saturated rings. The van der Waals surface area contributed by atoms with Crippen LogP contribution in [0.1, 0.15) is 44.5 Å². The molecule has 4 nitrogen and oxygen atoms in total. The maximum Gasteiger partial charge on any atom is 0.494 e. The van der Waals surface area contributed by atoms with Gasteiger partial charge in [0.1, 0.15) is 0 Å². The molecule has 0 bridgehead atoms. The molecule has 1 amide bonds. The van der Waals surface area contributed by atoms with E-state index in [2.05, 4.69) is 12.2 Å². The number of carbonyl (C=O) groups excluding carboxylic acids is 1. The van der Waals surface area contributed by atoms with Crippen molar-refractivity contribution in [3.05, 3.63) is 29.8 Å². The second-order valence-electron chi connectivity index (χ2n) is 5.22.